The highest BCUT2D eigenvalue weighted by Gasteiger charge is 2.14. The molecule has 0 saturated carbocycles. The number of hydrogen-bond donors (Lipinski definition) is 2. The molecule has 0 amide bonds. The molecule has 4 heteroatoms. The quantitative estimate of drug-likeness (QED) is 0.778. The molecule has 2 N–H and O–H groups in total. The van der Waals surface area contributed by atoms with E-state index in [0.717, 1.165) is 4.88 Å². The van der Waals surface area contributed by atoms with Crippen LogP contribution in [-0.2, 0) is 0 Å². The van der Waals surface area contributed by atoms with Crippen molar-refractivity contribution in [2.45, 2.75) is 32.4 Å². The Morgan fingerprint density at radius 3 is 2.77 bits per heavy atom. The van der Waals surface area contributed by atoms with E-state index in [2.05, 4.69) is 31.1 Å². The second-order valence-corrected chi connectivity index (χ2v) is 4.97. The van der Waals surface area contributed by atoms with Gasteiger partial charge in [-0.05, 0) is 20.8 Å². The van der Waals surface area contributed by atoms with Gasteiger partial charge in [0.15, 0.2) is 0 Å². The molecular weight excluding hydrogens is 184 g/mol. The lowest BCUT2D eigenvalue weighted by Crippen LogP contribution is -2.38. The van der Waals surface area contributed by atoms with Gasteiger partial charge >= 0.3 is 0 Å². The number of β-amino-alcohol motifs (C(OH)–C–C–N with tert-alkyl or cyclic N) is 1. The summed E-state index contributed by atoms with van der Waals surface area (Å²) in [6, 6.07) is 0. The van der Waals surface area contributed by atoms with Crippen molar-refractivity contribution in [2.75, 3.05) is 6.54 Å². The minimum absolute atomic E-state index is 0.0473. The smallest absolute Gasteiger partial charge is 0.102 e. The summed E-state index contributed by atoms with van der Waals surface area (Å²) >= 11 is 1.48. The van der Waals surface area contributed by atoms with E-state index in [1.54, 1.807) is 11.7 Å². The Labute approximate surface area is 82.8 Å². The van der Waals surface area contributed by atoms with Crippen LogP contribution in [0, 0.1) is 0 Å². The lowest BCUT2D eigenvalue weighted by Gasteiger charge is -2.22. The topological polar surface area (TPSA) is 45.1 Å². The molecule has 0 aromatic carbocycles. The van der Waals surface area contributed by atoms with E-state index in [1.807, 2.05) is 0 Å². The number of aliphatic hydroxyl groups is 1. The molecule has 3 nitrogen and oxygen atoms in total. The van der Waals surface area contributed by atoms with Crippen molar-refractivity contribution in [2.24, 2.45) is 0 Å². The van der Waals surface area contributed by atoms with Gasteiger partial charge in [0.1, 0.15) is 6.10 Å². The highest BCUT2D eigenvalue weighted by molar-refractivity contribution is 7.09. The summed E-state index contributed by atoms with van der Waals surface area (Å²) in [7, 11) is 0. The van der Waals surface area contributed by atoms with Crippen molar-refractivity contribution in [3.05, 3.63) is 16.6 Å². The summed E-state index contributed by atoms with van der Waals surface area (Å²) in [6.45, 7) is 6.80. The molecule has 0 aliphatic carbocycles. The Hall–Kier alpha value is -0.450. The van der Waals surface area contributed by atoms with Gasteiger partial charge in [-0.3, -0.25) is 4.98 Å². The van der Waals surface area contributed by atoms with Gasteiger partial charge in [0, 0.05) is 18.3 Å². The Morgan fingerprint density at radius 1 is 1.62 bits per heavy atom. The largest absolute Gasteiger partial charge is 0.386 e. The molecule has 0 spiro atoms. The van der Waals surface area contributed by atoms with E-state index in [0.29, 0.717) is 6.54 Å². The van der Waals surface area contributed by atoms with E-state index >= 15 is 0 Å². The second-order valence-electron chi connectivity index (χ2n) is 4.05. The van der Waals surface area contributed by atoms with Crippen molar-refractivity contribution in [1.29, 1.82) is 0 Å². The van der Waals surface area contributed by atoms with Crippen LogP contribution in [0.1, 0.15) is 31.8 Å². The maximum absolute atomic E-state index is 9.68. The molecule has 1 rings (SSSR count). The highest BCUT2D eigenvalue weighted by atomic mass is 32.1. The maximum atomic E-state index is 9.68. The van der Waals surface area contributed by atoms with Gasteiger partial charge < -0.3 is 10.4 Å². The number of rotatable bonds is 3. The molecule has 1 unspecified atom stereocenters. The van der Waals surface area contributed by atoms with Crippen molar-refractivity contribution in [1.82, 2.24) is 10.3 Å². The maximum Gasteiger partial charge on any atom is 0.102 e. The van der Waals surface area contributed by atoms with Crippen LogP contribution >= 0.6 is 11.3 Å². The summed E-state index contributed by atoms with van der Waals surface area (Å²) in [5, 5.41) is 12.9. The molecule has 74 valence electrons. The van der Waals surface area contributed by atoms with Gasteiger partial charge in [-0.15, -0.1) is 11.3 Å². The fourth-order valence-electron chi connectivity index (χ4n) is 0.894. The number of aromatic nitrogens is 1. The monoisotopic (exact) mass is 200 g/mol. The van der Waals surface area contributed by atoms with Crippen LogP contribution in [-0.4, -0.2) is 22.2 Å². The van der Waals surface area contributed by atoms with Crippen LogP contribution in [0.5, 0.6) is 0 Å². The Bertz CT molecular complexity index is 241. The third kappa shape index (κ3) is 3.85. The van der Waals surface area contributed by atoms with Gasteiger partial charge in [-0.25, -0.2) is 0 Å². The first-order chi connectivity index (χ1) is 5.99. The lowest BCUT2D eigenvalue weighted by atomic mass is 10.1. The summed E-state index contributed by atoms with van der Waals surface area (Å²) < 4.78 is 0. The van der Waals surface area contributed by atoms with Gasteiger partial charge in [0.25, 0.3) is 0 Å². The molecule has 1 aromatic rings. The fourth-order valence-corrected chi connectivity index (χ4v) is 1.50. The summed E-state index contributed by atoms with van der Waals surface area (Å²) in [5.74, 6) is 0. The lowest BCUT2D eigenvalue weighted by molar-refractivity contribution is 0.166. The van der Waals surface area contributed by atoms with E-state index in [9.17, 15) is 5.11 Å². The van der Waals surface area contributed by atoms with E-state index < -0.39 is 6.10 Å². The first-order valence-corrected chi connectivity index (χ1v) is 5.18. The zero-order chi connectivity index (χ0) is 9.90. The third-order valence-corrected chi connectivity index (χ3v) is 2.48. The van der Waals surface area contributed by atoms with Gasteiger partial charge in [-0.1, -0.05) is 0 Å². The molecule has 13 heavy (non-hydrogen) atoms. The molecular formula is C9H16N2OS. The Kier molecular flexibility index (Phi) is 3.41. The molecule has 0 bridgehead atoms. The van der Waals surface area contributed by atoms with E-state index in [4.69, 9.17) is 0 Å². The number of hydrogen-bond acceptors (Lipinski definition) is 4. The number of aliphatic hydroxyl groups excluding tert-OH is 1. The fraction of sp³-hybridized carbons (Fsp3) is 0.667. The van der Waals surface area contributed by atoms with Crippen molar-refractivity contribution in [3.63, 3.8) is 0 Å². The minimum atomic E-state index is -0.438. The first-order valence-electron chi connectivity index (χ1n) is 4.30. The van der Waals surface area contributed by atoms with E-state index in [1.165, 1.54) is 11.3 Å². The molecule has 0 fully saturated rings. The van der Waals surface area contributed by atoms with Crippen molar-refractivity contribution < 1.29 is 5.11 Å². The third-order valence-electron chi connectivity index (χ3n) is 1.61. The highest BCUT2D eigenvalue weighted by Crippen LogP contribution is 2.16. The standard InChI is InChI=1S/C9H16N2OS/c1-9(2,3)11-4-7(12)8-5-10-6-13-8/h5-7,11-12H,4H2,1-3H3. The Balaban J connectivity index is 2.39. The molecule has 1 atom stereocenters. The van der Waals surface area contributed by atoms with Crippen LogP contribution in [0.25, 0.3) is 0 Å². The minimum Gasteiger partial charge on any atom is -0.386 e. The average Bonchev–Trinajstić information content (AvgIpc) is 2.50. The first kappa shape index (κ1) is 10.6. The van der Waals surface area contributed by atoms with Crippen molar-refractivity contribution in [3.8, 4) is 0 Å². The van der Waals surface area contributed by atoms with Crippen LogP contribution in [0.15, 0.2) is 11.7 Å². The van der Waals surface area contributed by atoms with Gasteiger partial charge in [0.05, 0.1) is 10.4 Å². The normalized spacial score (nSPS) is 14.5. The SMILES string of the molecule is CC(C)(C)NCC(O)c1cncs1. The van der Waals surface area contributed by atoms with Crippen molar-refractivity contribution >= 4 is 11.3 Å². The average molecular weight is 200 g/mol. The summed E-state index contributed by atoms with van der Waals surface area (Å²) in [6.07, 6.45) is 1.27. The zero-order valence-electron chi connectivity index (χ0n) is 8.24. The van der Waals surface area contributed by atoms with Crippen LogP contribution in [0.2, 0.25) is 0 Å². The molecule has 0 saturated heterocycles. The second kappa shape index (κ2) is 4.17. The van der Waals surface area contributed by atoms with E-state index in [-0.39, 0.29) is 5.54 Å². The van der Waals surface area contributed by atoms with Gasteiger partial charge in [-0.2, -0.15) is 0 Å². The zero-order valence-corrected chi connectivity index (χ0v) is 9.06. The summed E-state index contributed by atoms with van der Waals surface area (Å²) in [4.78, 5) is 4.83. The van der Waals surface area contributed by atoms with Crippen LogP contribution in [0.3, 0.4) is 0 Å². The van der Waals surface area contributed by atoms with Gasteiger partial charge in [0.2, 0.25) is 0 Å². The predicted octanol–water partition coefficient (Wildman–Crippen LogP) is 1.56. The molecule has 1 aromatic heterocycles. The summed E-state index contributed by atoms with van der Waals surface area (Å²) in [5.41, 5.74) is 1.78. The molecule has 1 heterocycles. The number of thiazole rings is 1. The molecule has 0 aliphatic heterocycles. The van der Waals surface area contributed by atoms with Crippen LogP contribution in [0.4, 0.5) is 0 Å². The Morgan fingerprint density at radius 2 is 2.31 bits per heavy atom. The van der Waals surface area contributed by atoms with Crippen LogP contribution < -0.4 is 5.32 Å². The predicted molar refractivity (Wildman–Crippen MR) is 54.8 cm³/mol. The molecule has 0 radical (unpaired) electrons. The number of nitrogens with zero attached hydrogens (tertiary/aromatic N) is 1. The molecule has 0 aliphatic rings. The number of nitrogens with one attached hydrogen (secondary N) is 1.